The molecule has 0 radical (unpaired) electrons. The van der Waals surface area contributed by atoms with Crippen LogP contribution in [0.5, 0.6) is 0 Å². The van der Waals surface area contributed by atoms with E-state index in [1.54, 1.807) is 11.3 Å². The largest absolute Gasteiger partial charge is 0.363 e. The second-order valence-electron chi connectivity index (χ2n) is 4.91. The molecule has 0 spiro atoms. The Balaban J connectivity index is 1.97. The summed E-state index contributed by atoms with van der Waals surface area (Å²) in [6.07, 6.45) is 0. The van der Waals surface area contributed by atoms with E-state index in [4.69, 9.17) is 5.84 Å². The van der Waals surface area contributed by atoms with Crippen molar-refractivity contribution in [1.82, 2.24) is 9.97 Å². The topological polar surface area (TPSA) is 75.9 Å². The summed E-state index contributed by atoms with van der Waals surface area (Å²) in [6.45, 7) is 6.43. The molecular weight excluding hydrogens is 302 g/mol. The maximum Gasteiger partial charge on any atom is 0.240 e. The van der Waals surface area contributed by atoms with Gasteiger partial charge < -0.3 is 5.32 Å². The van der Waals surface area contributed by atoms with Crippen LogP contribution in [-0.2, 0) is 0 Å². The van der Waals surface area contributed by atoms with E-state index < -0.39 is 0 Å². The summed E-state index contributed by atoms with van der Waals surface area (Å²) < 4.78 is 0. The molecule has 7 heteroatoms. The van der Waals surface area contributed by atoms with Gasteiger partial charge >= 0.3 is 0 Å². The lowest BCUT2D eigenvalue weighted by atomic mass is 10.1. The summed E-state index contributed by atoms with van der Waals surface area (Å²) in [5, 5.41) is 6.52. The molecule has 0 saturated carbocycles. The van der Waals surface area contributed by atoms with Gasteiger partial charge in [-0.05, 0) is 43.8 Å². The van der Waals surface area contributed by atoms with Crippen molar-refractivity contribution in [3.8, 4) is 0 Å². The van der Waals surface area contributed by atoms with Gasteiger partial charge in [0.1, 0.15) is 10.6 Å². The van der Waals surface area contributed by atoms with Gasteiger partial charge in [0.25, 0.3) is 0 Å². The van der Waals surface area contributed by atoms with E-state index in [-0.39, 0.29) is 6.04 Å². The Bertz CT molecular complexity index is 777. The van der Waals surface area contributed by atoms with Crippen molar-refractivity contribution >= 4 is 44.7 Å². The molecule has 0 aliphatic rings. The predicted molar refractivity (Wildman–Crippen MR) is 91.1 cm³/mol. The van der Waals surface area contributed by atoms with E-state index in [9.17, 15) is 0 Å². The highest BCUT2D eigenvalue weighted by Gasteiger charge is 2.15. The smallest absolute Gasteiger partial charge is 0.240 e. The van der Waals surface area contributed by atoms with Crippen LogP contribution >= 0.6 is 22.7 Å². The highest BCUT2D eigenvalue weighted by Crippen LogP contribution is 2.32. The number of aromatic nitrogens is 2. The first-order chi connectivity index (χ1) is 10.1. The lowest BCUT2D eigenvalue weighted by molar-refractivity contribution is 0.873. The van der Waals surface area contributed by atoms with Crippen molar-refractivity contribution in [1.29, 1.82) is 0 Å². The molecule has 0 aliphatic heterocycles. The number of fused-ring (bicyclic) bond motifs is 1. The van der Waals surface area contributed by atoms with Crippen molar-refractivity contribution in [2.75, 3.05) is 10.7 Å². The molecule has 5 nitrogen and oxygen atoms in total. The molecule has 3 aromatic rings. The fourth-order valence-corrected chi connectivity index (χ4v) is 4.18. The average Bonchev–Trinajstić information content (AvgIpc) is 3.04. The Kier molecular flexibility index (Phi) is 3.79. The highest BCUT2D eigenvalue weighted by atomic mass is 32.1. The van der Waals surface area contributed by atoms with Crippen LogP contribution in [0.3, 0.4) is 0 Å². The van der Waals surface area contributed by atoms with Crippen LogP contribution in [0.2, 0.25) is 0 Å². The molecule has 0 aromatic carbocycles. The SMILES string of the molecule is Cc1cc(C(C)Nc2nc(NN)nc3sccc23)c(C)s1. The minimum atomic E-state index is 0.179. The van der Waals surface area contributed by atoms with Gasteiger partial charge in [0.2, 0.25) is 5.95 Å². The standard InChI is InChI=1S/C14H17N5S2/c1-7-6-11(9(3)21-7)8(2)16-12-10-4-5-20-13(10)18-14(17-12)19-15/h4-6,8H,15H2,1-3H3,(H2,16,17,18,19). The van der Waals surface area contributed by atoms with Crippen molar-refractivity contribution in [3.63, 3.8) is 0 Å². The molecule has 0 bridgehead atoms. The number of hydrogen-bond acceptors (Lipinski definition) is 7. The molecule has 1 unspecified atom stereocenters. The van der Waals surface area contributed by atoms with Crippen LogP contribution < -0.4 is 16.6 Å². The number of nitrogens with zero attached hydrogens (tertiary/aromatic N) is 2. The van der Waals surface area contributed by atoms with Crippen LogP contribution in [0.1, 0.15) is 28.3 Å². The van der Waals surface area contributed by atoms with Gasteiger partial charge in [-0.1, -0.05) is 0 Å². The van der Waals surface area contributed by atoms with Crippen LogP contribution in [-0.4, -0.2) is 9.97 Å². The Morgan fingerprint density at radius 2 is 2.10 bits per heavy atom. The molecule has 0 aliphatic carbocycles. The number of anilines is 2. The molecule has 3 rings (SSSR count). The zero-order valence-electron chi connectivity index (χ0n) is 12.1. The minimum absolute atomic E-state index is 0.179. The predicted octanol–water partition coefficient (Wildman–Crippen LogP) is 3.83. The summed E-state index contributed by atoms with van der Waals surface area (Å²) in [6, 6.07) is 4.44. The third-order valence-electron chi connectivity index (χ3n) is 3.35. The maximum atomic E-state index is 5.45. The molecule has 0 amide bonds. The zero-order valence-corrected chi connectivity index (χ0v) is 13.7. The lowest BCUT2D eigenvalue weighted by Gasteiger charge is -2.16. The Hall–Kier alpha value is -1.70. The van der Waals surface area contributed by atoms with Gasteiger partial charge in [0, 0.05) is 9.75 Å². The van der Waals surface area contributed by atoms with E-state index in [1.807, 2.05) is 22.8 Å². The summed E-state index contributed by atoms with van der Waals surface area (Å²) >= 11 is 3.39. The Morgan fingerprint density at radius 1 is 1.29 bits per heavy atom. The second kappa shape index (κ2) is 5.59. The van der Waals surface area contributed by atoms with Gasteiger partial charge in [-0.15, -0.1) is 22.7 Å². The first-order valence-corrected chi connectivity index (χ1v) is 8.33. The normalized spacial score (nSPS) is 12.6. The van der Waals surface area contributed by atoms with Gasteiger partial charge in [0.05, 0.1) is 11.4 Å². The van der Waals surface area contributed by atoms with E-state index >= 15 is 0 Å². The third-order valence-corrected chi connectivity index (χ3v) is 5.14. The number of rotatable bonds is 4. The van der Waals surface area contributed by atoms with Gasteiger partial charge in [-0.3, -0.25) is 5.43 Å². The van der Waals surface area contributed by atoms with Crippen molar-refractivity contribution < 1.29 is 0 Å². The number of thiophene rings is 2. The minimum Gasteiger partial charge on any atom is -0.363 e. The molecule has 110 valence electrons. The number of aryl methyl sites for hydroxylation is 2. The van der Waals surface area contributed by atoms with Crippen LogP contribution in [0.25, 0.3) is 10.2 Å². The molecule has 1 atom stereocenters. The van der Waals surface area contributed by atoms with Gasteiger partial charge in [-0.25, -0.2) is 10.8 Å². The molecule has 3 heterocycles. The molecule has 0 saturated heterocycles. The second-order valence-corrected chi connectivity index (χ2v) is 7.27. The summed E-state index contributed by atoms with van der Waals surface area (Å²) in [5.41, 5.74) is 3.83. The third kappa shape index (κ3) is 2.72. The number of nitrogens with one attached hydrogen (secondary N) is 2. The van der Waals surface area contributed by atoms with Crippen molar-refractivity contribution in [2.45, 2.75) is 26.8 Å². The van der Waals surface area contributed by atoms with Crippen molar-refractivity contribution in [2.24, 2.45) is 5.84 Å². The van der Waals surface area contributed by atoms with E-state index in [2.05, 4.69) is 47.5 Å². The van der Waals surface area contributed by atoms with Crippen LogP contribution in [0.15, 0.2) is 17.5 Å². The zero-order chi connectivity index (χ0) is 15.0. The van der Waals surface area contributed by atoms with E-state index in [1.165, 1.54) is 15.3 Å². The van der Waals surface area contributed by atoms with Crippen molar-refractivity contribution in [3.05, 3.63) is 32.8 Å². The first-order valence-electron chi connectivity index (χ1n) is 6.64. The Labute approximate surface area is 131 Å². The quantitative estimate of drug-likeness (QED) is 0.503. The Morgan fingerprint density at radius 3 is 2.76 bits per heavy atom. The number of hydrogen-bond donors (Lipinski definition) is 3. The number of nitrogens with two attached hydrogens (primary N) is 1. The van der Waals surface area contributed by atoms with Gasteiger partial charge in [-0.2, -0.15) is 4.98 Å². The van der Waals surface area contributed by atoms with Crippen LogP contribution in [0, 0.1) is 13.8 Å². The number of nitrogen functional groups attached to an aromatic ring is 1. The number of hydrazine groups is 1. The molecule has 3 aromatic heterocycles. The van der Waals surface area contributed by atoms with E-state index in [0.717, 1.165) is 16.0 Å². The summed E-state index contributed by atoms with van der Waals surface area (Å²) in [4.78, 5) is 12.4. The highest BCUT2D eigenvalue weighted by molar-refractivity contribution is 7.16. The first kappa shape index (κ1) is 14.2. The fraction of sp³-hybridized carbons (Fsp3) is 0.286. The maximum absolute atomic E-state index is 5.45. The summed E-state index contributed by atoms with van der Waals surface area (Å²) in [7, 11) is 0. The average molecular weight is 319 g/mol. The van der Waals surface area contributed by atoms with Crippen LogP contribution in [0.4, 0.5) is 11.8 Å². The lowest BCUT2D eigenvalue weighted by Crippen LogP contribution is -2.13. The van der Waals surface area contributed by atoms with E-state index in [0.29, 0.717) is 5.95 Å². The molecule has 0 fully saturated rings. The molecule has 21 heavy (non-hydrogen) atoms. The molecular formula is C14H17N5S2. The summed E-state index contributed by atoms with van der Waals surface area (Å²) in [5.74, 6) is 6.69. The monoisotopic (exact) mass is 319 g/mol. The van der Waals surface area contributed by atoms with Gasteiger partial charge in [0.15, 0.2) is 0 Å². The fourth-order valence-electron chi connectivity index (χ4n) is 2.39. The molecule has 4 N–H and O–H groups in total.